The van der Waals surface area contributed by atoms with E-state index in [1.807, 2.05) is 0 Å². The van der Waals surface area contributed by atoms with Crippen molar-refractivity contribution in [2.75, 3.05) is 31.5 Å². The molecule has 1 aliphatic rings. The Hall–Kier alpha value is -1.80. The van der Waals surface area contributed by atoms with E-state index in [0.29, 0.717) is 28.7 Å². The van der Waals surface area contributed by atoms with Gasteiger partial charge in [0, 0.05) is 24.7 Å². The van der Waals surface area contributed by atoms with Crippen LogP contribution in [0.15, 0.2) is 29.6 Å². The van der Waals surface area contributed by atoms with Gasteiger partial charge in [0.15, 0.2) is 0 Å². The van der Waals surface area contributed by atoms with Crippen LogP contribution in [0, 0.1) is 0 Å². The number of carbonyl (C=O) groups excluding carboxylic acids is 2. The highest BCUT2D eigenvalue weighted by Crippen LogP contribution is 2.28. The van der Waals surface area contributed by atoms with Crippen molar-refractivity contribution in [3.8, 4) is 5.75 Å². The normalized spacial score (nSPS) is 14.3. The summed E-state index contributed by atoms with van der Waals surface area (Å²) in [6.45, 7) is 2.98. The summed E-state index contributed by atoms with van der Waals surface area (Å²) >= 11 is 7.06. The lowest BCUT2D eigenvalue weighted by molar-refractivity contribution is 0.0768. The van der Waals surface area contributed by atoms with Crippen LogP contribution in [0.5, 0.6) is 5.75 Å². The molecule has 1 aromatic heterocycles. The number of phenolic OH excluding ortho intramolecular Hbond substituents is 1. The highest BCUT2D eigenvalue weighted by Gasteiger charge is 2.22. The molecule has 26 heavy (non-hydrogen) atoms. The number of anilines is 1. The van der Waals surface area contributed by atoms with Crippen LogP contribution in [0.4, 0.5) is 5.00 Å². The number of thiophene rings is 1. The lowest BCUT2D eigenvalue weighted by Crippen LogP contribution is -2.34. The van der Waals surface area contributed by atoms with Crippen molar-refractivity contribution in [1.82, 2.24) is 10.2 Å². The number of benzene rings is 1. The summed E-state index contributed by atoms with van der Waals surface area (Å²) in [6, 6.07) is 5.99. The van der Waals surface area contributed by atoms with Gasteiger partial charge in [0.1, 0.15) is 10.8 Å². The van der Waals surface area contributed by atoms with E-state index in [9.17, 15) is 14.7 Å². The van der Waals surface area contributed by atoms with E-state index in [1.165, 1.54) is 29.5 Å². The fourth-order valence-corrected chi connectivity index (χ4v) is 3.60. The smallest absolute Gasteiger partial charge is 0.260 e. The molecule has 2 heterocycles. The van der Waals surface area contributed by atoms with Crippen molar-refractivity contribution in [3.05, 3.63) is 45.8 Å². The van der Waals surface area contributed by atoms with Crippen LogP contribution in [-0.2, 0) is 0 Å². The highest BCUT2D eigenvalue weighted by molar-refractivity contribution is 7.14. The Balaban J connectivity index is 0.00000243. The molecular weight excluding hydrogens is 397 g/mol. The van der Waals surface area contributed by atoms with Crippen LogP contribution in [0.25, 0.3) is 0 Å². The molecule has 140 valence electrons. The van der Waals surface area contributed by atoms with Gasteiger partial charge in [-0.05, 0) is 42.6 Å². The van der Waals surface area contributed by atoms with Crippen LogP contribution in [0.3, 0.4) is 0 Å². The number of hydrogen-bond acceptors (Lipinski definition) is 5. The third-order valence-corrected chi connectivity index (χ3v) is 5.02. The van der Waals surface area contributed by atoms with Gasteiger partial charge in [-0.1, -0.05) is 11.6 Å². The molecule has 0 saturated carbocycles. The first kappa shape index (κ1) is 20.5. The third kappa shape index (κ3) is 4.67. The van der Waals surface area contributed by atoms with Crippen molar-refractivity contribution in [1.29, 1.82) is 0 Å². The molecule has 1 fully saturated rings. The van der Waals surface area contributed by atoms with Crippen LogP contribution in [-0.4, -0.2) is 48.0 Å². The second-order valence-electron chi connectivity index (χ2n) is 5.67. The van der Waals surface area contributed by atoms with E-state index in [4.69, 9.17) is 11.6 Å². The number of aromatic hydroxyl groups is 1. The minimum atomic E-state index is -0.483. The predicted octanol–water partition coefficient (Wildman–Crippen LogP) is 3.22. The average molecular weight is 416 g/mol. The molecule has 0 aliphatic carbocycles. The lowest BCUT2D eigenvalue weighted by Gasteiger charge is -2.20. The SMILES string of the molecule is Cl.O=C(Nc1sccc1C(=O)N1CCCNCC1)c1ccc(Cl)cc1O. The Morgan fingerprint density at radius 1 is 1.19 bits per heavy atom. The number of nitrogens with zero attached hydrogens (tertiary/aromatic N) is 1. The molecule has 1 saturated heterocycles. The zero-order valence-corrected chi connectivity index (χ0v) is 16.2. The van der Waals surface area contributed by atoms with E-state index in [0.717, 1.165) is 19.5 Å². The third-order valence-electron chi connectivity index (χ3n) is 3.95. The van der Waals surface area contributed by atoms with Gasteiger partial charge in [0.2, 0.25) is 0 Å². The quantitative estimate of drug-likeness (QED) is 0.718. The maximum Gasteiger partial charge on any atom is 0.260 e. The molecule has 0 bridgehead atoms. The van der Waals surface area contributed by atoms with Crippen molar-refractivity contribution in [2.24, 2.45) is 0 Å². The standard InChI is InChI=1S/C17H18ClN3O3S.ClH/c18-11-2-3-12(14(22)10-11)15(23)20-16-13(4-9-25-16)17(24)21-7-1-5-19-6-8-21;/h2-4,9-10,19,22H,1,5-8H2,(H,20,23);1H. The Morgan fingerprint density at radius 2 is 2.00 bits per heavy atom. The second-order valence-corrected chi connectivity index (χ2v) is 7.03. The second kappa shape index (κ2) is 9.23. The Kier molecular flexibility index (Phi) is 7.28. The summed E-state index contributed by atoms with van der Waals surface area (Å²) in [7, 11) is 0. The monoisotopic (exact) mass is 415 g/mol. The molecule has 3 N–H and O–H groups in total. The molecule has 0 spiro atoms. The molecule has 6 nitrogen and oxygen atoms in total. The summed E-state index contributed by atoms with van der Waals surface area (Å²) < 4.78 is 0. The number of rotatable bonds is 3. The molecule has 1 aromatic carbocycles. The molecule has 0 unspecified atom stereocenters. The molecule has 9 heteroatoms. The minimum absolute atomic E-state index is 0. The topological polar surface area (TPSA) is 81.7 Å². The summed E-state index contributed by atoms with van der Waals surface area (Å²) in [6.07, 6.45) is 0.899. The number of halogens is 2. The van der Waals surface area contributed by atoms with Gasteiger partial charge in [-0.25, -0.2) is 0 Å². The number of phenols is 1. The van der Waals surface area contributed by atoms with Gasteiger partial charge in [-0.3, -0.25) is 9.59 Å². The maximum atomic E-state index is 12.8. The lowest BCUT2D eigenvalue weighted by atomic mass is 10.2. The van der Waals surface area contributed by atoms with Crippen molar-refractivity contribution in [2.45, 2.75) is 6.42 Å². The Labute approximate surface area is 166 Å². The van der Waals surface area contributed by atoms with Gasteiger partial charge in [-0.15, -0.1) is 23.7 Å². The predicted molar refractivity (Wildman–Crippen MR) is 106 cm³/mol. The van der Waals surface area contributed by atoms with Crippen molar-refractivity contribution in [3.63, 3.8) is 0 Å². The molecule has 0 atom stereocenters. The summed E-state index contributed by atoms with van der Waals surface area (Å²) in [4.78, 5) is 26.9. The van der Waals surface area contributed by atoms with Gasteiger partial charge >= 0.3 is 0 Å². The molecule has 3 rings (SSSR count). The Morgan fingerprint density at radius 3 is 2.77 bits per heavy atom. The fourth-order valence-electron chi connectivity index (χ4n) is 2.66. The average Bonchev–Trinajstić information content (AvgIpc) is 2.86. The first-order chi connectivity index (χ1) is 12.1. The largest absolute Gasteiger partial charge is 0.507 e. The zero-order valence-electron chi connectivity index (χ0n) is 13.8. The van der Waals surface area contributed by atoms with E-state index < -0.39 is 5.91 Å². The molecular formula is C17H19Cl2N3O3S. The van der Waals surface area contributed by atoms with E-state index in [-0.39, 0.29) is 29.6 Å². The molecule has 0 radical (unpaired) electrons. The highest BCUT2D eigenvalue weighted by atomic mass is 35.5. The number of amides is 2. The number of carbonyl (C=O) groups is 2. The Bertz CT molecular complexity index is 789. The zero-order chi connectivity index (χ0) is 17.8. The molecule has 2 amide bonds. The van der Waals surface area contributed by atoms with Crippen LogP contribution in [0.2, 0.25) is 5.02 Å². The fraction of sp³-hybridized carbons (Fsp3) is 0.294. The summed E-state index contributed by atoms with van der Waals surface area (Å²) in [5.41, 5.74) is 0.573. The van der Waals surface area contributed by atoms with Crippen LogP contribution >= 0.6 is 35.3 Å². The van der Waals surface area contributed by atoms with Gasteiger partial charge < -0.3 is 20.6 Å². The number of hydrogen-bond donors (Lipinski definition) is 3. The first-order valence-electron chi connectivity index (χ1n) is 7.93. The van der Waals surface area contributed by atoms with Crippen LogP contribution in [0.1, 0.15) is 27.1 Å². The van der Waals surface area contributed by atoms with Gasteiger partial charge in [-0.2, -0.15) is 0 Å². The first-order valence-corrected chi connectivity index (χ1v) is 9.19. The van der Waals surface area contributed by atoms with Gasteiger partial charge in [0.05, 0.1) is 11.1 Å². The van der Waals surface area contributed by atoms with E-state index in [2.05, 4.69) is 10.6 Å². The van der Waals surface area contributed by atoms with E-state index in [1.54, 1.807) is 16.3 Å². The summed E-state index contributed by atoms with van der Waals surface area (Å²) in [5, 5.41) is 18.4. The van der Waals surface area contributed by atoms with Gasteiger partial charge in [0.25, 0.3) is 11.8 Å². The van der Waals surface area contributed by atoms with Crippen molar-refractivity contribution < 1.29 is 14.7 Å². The molecule has 2 aromatic rings. The summed E-state index contributed by atoms with van der Waals surface area (Å²) in [5.74, 6) is -0.781. The number of nitrogens with one attached hydrogen (secondary N) is 2. The van der Waals surface area contributed by atoms with E-state index >= 15 is 0 Å². The minimum Gasteiger partial charge on any atom is -0.507 e. The van der Waals surface area contributed by atoms with Crippen LogP contribution < -0.4 is 10.6 Å². The molecule has 1 aliphatic heterocycles. The van der Waals surface area contributed by atoms with Crippen molar-refractivity contribution >= 4 is 52.2 Å². The maximum absolute atomic E-state index is 12.8.